The molecule has 1 heteroatoms. The lowest BCUT2D eigenvalue weighted by Gasteiger charge is -2.23. The van der Waals surface area contributed by atoms with Gasteiger partial charge in [-0.1, -0.05) is 76.4 Å². The van der Waals surface area contributed by atoms with Gasteiger partial charge in [0.25, 0.3) is 0 Å². The Bertz CT molecular complexity index is 303. The summed E-state index contributed by atoms with van der Waals surface area (Å²) in [6, 6.07) is 0. The number of hydrogen-bond donors (Lipinski definition) is 0. The van der Waals surface area contributed by atoms with E-state index >= 15 is 0 Å². The minimum absolute atomic E-state index is 1.13. The summed E-state index contributed by atoms with van der Waals surface area (Å²) >= 11 is 0. The zero-order chi connectivity index (χ0) is 13.9. The van der Waals surface area contributed by atoms with Crippen LogP contribution in [-0.2, 0) is 0 Å². The predicted octanol–water partition coefficient (Wildman–Crippen LogP) is 5.83. The summed E-state index contributed by atoms with van der Waals surface area (Å²) in [6.07, 6.45) is 25.7. The van der Waals surface area contributed by atoms with Crippen molar-refractivity contribution in [2.75, 3.05) is 13.1 Å². The monoisotopic (exact) mass is 275 g/mol. The third kappa shape index (κ3) is 6.63. The van der Waals surface area contributed by atoms with Crippen molar-refractivity contribution in [1.29, 1.82) is 0 Å². The van der Waals surface area contributed by atoms with Crippen LogP contribution in [0.2, 0.25) is 0 Å². The molecule has 2 rings (SSSR count). The third-order valence-corrected chi connectivity index (χ3v) is 4.68. The van der Waals surface area contributed by atoms with Crippen LogP contribution in [0, 0.1) is 0 Å². The summed E-state index contributed by atoms with van der Waals surface area (Å²) in [5.41, 5.74) is 1.56. The average molecular weight is 275 g/mol. The van der Waals surface area contributed by atoms with Gasteiger partial charge in [0.1, 0.15) is 0 Å². The van der Waals surface area contributed by atoms with Gasteiger partial charge in [-0.05, 0) is 24.8 Å². The van der Waals surface area contributed by atoms with Crippen LogP contribution in [0.4, 0.5) is 0 Å². The third-order valence-electron chi connectivity index (χ3n) is 4.68. The van der Waals surface area contributed by atoms with Crippen LogP contribution in [0.15, 0.2) is 23.9 Å². The molecule has 20 heavy (non-hydrogen) atoms. The Morgan fingerprint density at radius 3 is 1.85 bits per heavy atom. The molecular weight excluding hydrogens is 242 g/mol. The summed E-state index contributed by atoms with van der Waals surface area (Å²) in [5, 5.41) is 0. The maximum Gasteiger partial charge on any atom is 0.0357 e. The molecule has 2 heterocycles. The molecule has 2 bridgehead atoms. The first-order valence-electron chi connectivity index (χ1n) is 9.06. The molecule has 0 spiro atoms. The highest BCUT2D eigenvalue weighted by Gasteiger charge is 2.05. The number of rotatable bonds is 0. The number of fused-ring (bicyclic) bond motifs is 1. The molecular formula is C19H33N. The molecule has 0 radical (unpaired) electrons. The molecule has 0 aromatic carbocycles. The van der Waals surface area contributed by atoms with Crippen LogP contribution in [0.1, 0.15) is 83.5 Å². The Morgan fingerprint density at radius 1 is 0.650 bits per heavy atom. The average Bonchev–Trinajstić information content (AvgIpc) is 2.47. The minimum atomic E-state index is 1.13. The first-order chi connectivity index (χ1) is 9.95. The predicted molar refractivity (Wildman–Crippen MR) is 88.8 cm³/mol. The molecule has 0 aromatic rings. The van der Waals surface area contributed by atoms with Gasteiger partial charge in [0.05, 0.1) is 0 Å². The number of allylic oxidation sites excluding steroid dienone is 2. The van der Waals surface area contributed by atoms with E-state index in [4.69, 9.17) is 0 Å². The van der Waals surface area contributed by atoms with Gasteiger partial charge in [-0.25, -0.2) is 0 Å². The van der Waals surface area contributed by atoms with E-state index in [1.54, 1.807) is 5.57 Å². The van der Waals surface area contributed by atoms with Gasteiger partial charge in [-0.15, -0.1) is 0 Å². The smallest absolute Gasteiger partial charge is 0.0357 e. The molecule has 0 fully saturated rings. The fourth-order valence-electron chi connectivity index (χ4n) is 3.39. The van der Waals surface area contributed by atoms with Crippen molar-refractivity contribution in [3.8, 4) is 0 Å². The van der Waals surface area contributed by atoms with E-state index in [0.29, 0.717) is 0 Å². The molecule has 2 aliphatic rings. The van der Waals surface area contributed by atoms with Gasteiger partial charge >= 0.3 is 0 Å². The van der Waals surface area contributed by atoms with Crippen molar-refractivity contribution in [1.82, 2.24) is 4.90 Å². The Balaban J connectivity index is 1.75. The Kier molecular flexibility index (Phi) is 7.89. The summed E-state index contributed by atoms with van der Waals surface area (Å²) in [7, 11) is 0. The molecule has 1 nitrogen and oxygen atoms in total. The van der Waals surface area contributed by atoms with E-state index in [1.165, 1.54) is 90.0 Å². The standard InChI is InChI=1S/C19H33N/c1-2-4-6-8-10-12-16-20-17-13-15-19(18-20)14-11-9-7-5-3-1/h13,15,18H,1-12,14,16-17H2. The molecule has 0 atom stereocenters. The topological polar surface area (TPSA) is 3.24 Å². The lowest BCUT2D eigenvalue weighted by Crippen LogP contribution is -2.21. The van der Waals surface area contributed by atoms with Crippen molar-refractivity contribution >= 4 is 0 Å². The number of hydrogen-bond acceptors (Lipinski definition) is 1. The Morgan fingerprint density at radius 2 is 1.20 bits per heavy atom. The van der Waals surface area contributed by atoms with Crippen LogP contribution in [-0.4, -0.2) is 18.0 Å². The highest BCUT2D eigenvalue weighted by atomic mass is 15.1. The molecule has 0 saturated heterocycles. The van der Waals surface area contributed by atoms with Gasteiger partial charge < -0.3 is 4.90 Å². The fraction of sp³-hybridized carbons (Fsp3) is 0.789. The lowest BCUT2D eigenvalue weighted by molar-refractivity contribution is 0.388. The van der Waals surface area contributed by atoms with Crippen molar-refractivity contribution in [3.63, 3.8) is 0 Å². The second-order valence-corrected chi connectivity index (χ2v) is 6.59. The number of nitrogens with zero attached hydrogens (tertiary/aromatic N) is 1. The van der Waals surface area contributed by atoms with E-state index < -0.39 is 0 Å². The normalized spacial score (nSPS) is 24.0. The summed E-state index contributed by atoms with van der Waals surface area (Å²) in [5.74, 6) is 0. The van der Waals surface area contributed by atoms with Crippen LogP contribution < -0.4 is 0 Å². The van der Waals surface area contributed by atoms with Crippen LogP contribution in [0.5, 0.6) is 0 Å². The first-order valence-corrected chi connectivity index (χ1v) is 9.06. The zero-order valence-corrected chi connectivity index (χ0v) is 13.3. The van der Waals surface area contributed by atoms with E-state index in [2.05, 4.69) is 23.3 Å². The van der Waals surface area contributed by atoms with Crippen LogP contribution in [0.25, 0.3) is 0 Å². The highest BCUT2D eigenvalue weighted by Crippen LogP contribution is 2.18. The van der Waals surface area contributed by atoms with Crippen LogP contribution in [0.3, 0.4) is 0 Å². The molecule has 0 amide bonds. The van der Waals surface area contributed by atoms with E-state index in [0.717, 1.165) is 6.54 Å². The molecule has 0 unspecified atom stereocenters. The minimum Gasteiger partial charge on any atom is -0.373 e. The van der Waals surface area contributed by atoms with Gasteiger partial charge in [-0.2, -0.15) is 0 Å². The molecule has 0 N–H and O–H groups in total. The molecule has 0 saturated carbocycles. The van der Waals surface area contributed by atoms with Gasteiger partial charge in [0.15, 0.2) is 0 Å². The second kappa shape index (κ2) is 10.1. The SMILES string of the molecule is C1=CC2=CN(C1)CCCCCCCCCCCCCC2. The Hall–Kier alpha value is -0.720. The maximum atomic E-state index is 2.52. The van der Waals surface area contributed by atoms with Gasteiger partial charge in [0, 0.05) is 19.3 Å². The van der Waals surface area contributed by atoms with E-state index in [9.17, 15) is 0 Å². The summed E-state index contributed by atoms with van der Waals surface area (Å²) in [4.78, 5) is 2.52. The van der Waals surface area contributed by atoms with E-state index in [1.807, 2.05) is 0 Å². The second-order valence-electron chi connectivity index (χ2n) is 6.59. The lowest BCUT2D eigenvalue weighted by atomic mass is 10.0. The van der Waals surface area contributed by atoms with Crippen molar-refractivity contribution in [2.24, 2.45) is 0 Å². The molecule has 0 aromatic heterocycles. The highest BCUT2D eigenvalue weighted by molar-refractivity contribution is 5.22. The quantitative estimate of drug-likeness (QED) is 0.538. The molecule has 2 aliphatic heterocycles. The first kappa shape index (κ1) is 15.7. The summed E-state index contributed by atoms with van der Waals surface area (Å²) in [6.45, 7) is 2.39. The van der Waals surface area contributed by atoms with Crippen molar-refractivity contribution in [3.05, 3.63) is 23.9 Å². The zero-order valence-electron chi connectivity index (χ0n) is 13.3. The van der Waals surface area contributed by atoms with Crippen molar-refractivity contribution in [2.45, 2.75) is 83.5 Å². The fourth-order valence-corrected chi connectivity index (χ4v) is 3.39. The van der Waals surface area contributed by atoms with Gasteiger partial charge in [0.2, 0.25) is 0 Å². The van der Waals surface area contributed by atoms with Crippen LogP contribution >= 0.6 is 0 Å². The summed E-state index contributed by atoms with van der Waals surface area (Å²) < 4.78 is 0. The molecule has 114 valence electrons. The van der Waals surface area contributed by atoms with E-state index in [-0.39, 0.29) is 0 Å². The maximum absolute atomic E-state index is 2.52. The van der Waals surface area contributed by atoms with Gasteiger partial charge in [-0.3, -0.25) is 0 Å². The van der Waals surface area contributed by atoms with Crippen molar-refractivity contribution < 1.29 is 0 Å². The Labute approximate surface area is 126 Å². The largest absolute Gasteiger partial charge is 0.373 e. The molecule has 0 aliphatic carbocycles.